The lowest BCUT2D eigenvalue weighted by molar-refractivity contribution is 0.806. The molecule has 2 aliphatic carbocycles. The van der Waals surface area contributed by atoms with Crippen molar-refractivity contribution in [2.45, 2.75) is 46.6 Å². The molecule has 1 N–H and O–H groups in total. The zero-order valence-corrected chi connectivity index (χ0v) is 19.3. The van der Waals surface area contributed by atoms with Gasteiger partial charge in [-0.25, -0.2) is 9.97 Å². The highest BCUT2D eigenvalue weighted by Crippen LogP contribution is 2.31. The topological polar surface area (TPSA) is 50.2 Å². The first-order valence-corrected chi connectivity index (χ1v) is 10.8. The maximum Gasteiger partial charge on any atom is 0.114 e. The monoisotopic (exact) mass is 422 g/mol. The van der Waals surface area contributed by atoms with Gasteiger partial charge in [0.25, 0.3) is 0 Å². The molecule has 32 heavy (non-hydrogen) atoms. The van der Waals surface area contributed by atoms with Gasteiger partial charge in [0.15, 0.2) is 0 Å². The Morgan fingerprint density at radius 1 is 1.28 bits per heavy atom. The number of aliphatic imine (C=N–C) groups is 1. The van der Waals surface area contributed by atoms with Crippen LogP contribution in [0.4, 0.5) is 0 Å². The summed E-state index contributed by atoms with van der Waals surface area (Å²) in [7, 11) is 0. The molecule has 4 heteroatoms. The van der Waals surface area contributed by atoms with Gasteiger partial charge >= 0.3 is 0 Å². The zero-order chi connectivity index (χ0) is 23.1. The summed E-state index contributed by atoms with van der Waals surface area (Å²) < 4.78 is 0. The average molecular weight is 423 g/mol. The van der Waals surface area contributed by atoms with E-state index in [2.05, 4.69) is 30.8 Å². The molecular weight excluding hydrogens is 392 g/mol. The summed E-state index contributed by atoms with van der Waals surface area (Å²) in [6.07, 6.45) is 24.7. The van der Waals surface area contributed by atoms with Crippen LogP contribution >= 0.6 is 0 Å². The highest BCUT2D eigenvalue weighted by molar-refractivity contribution is 6.07. The van der Waals surface area contributed by atoms with E-state index in [0.29, 0.717) is 12.8 Å². The molecule has 2 aliphatic rings. The van der Waals surface area contributed by atoms with Crippen molar-refractivity contribution in [3.05, 3.63) is 94.8 Å². The van der Waals surface area contributed by atoms with E-state index in [1.807, 2.05) is 69.4 Å². The summed E-state index contributed by atoms with van der Waals surface area (Å²) in [5.74, 6) is 2.71. The van der Waals surface area contributed by atoms with Crippen LogP contribution in [0.15, 0.2) is 77.0 Å². The van der Waals surface area contributed by atoms with Crippen molar-refractivity contribution in [3.63, 3.8) is 0 Å². The van der Waals surface area contributed by atoms with Gasteiger partial charge in [-0.2, -0.15) is 0 Å². The Labute approximate surface area is 191 Å². The number of hydrogen-bond acceptors (Lipinski definition) is 4. The number of nitrogens with one attached hydrogen (secondary N) is 1. The number of rotatable bonds is 6. The van der Waals surface area contributed by atoms with E-state index in [4.69, 9.17) is 21.4 Å². The van der Waals surface area contributed by atoms with Crippen LogP contribution in [0, 0.1) is 12.3 Å². The van der Waals surface area contributed by atoms with Crippen LogP contribution in [0.1, 0.15) is 56.9 Å². The molecule has 0 bridgehead atoms. The van der Waals surface area contributed by atoms with Crippen LogP contribution in [0.3, 0.4) is 0 Å². The third kappa shape index (κ3) is 5.12. The molecule has 0 fully saturated rings. The normalized spacial score (nSPS) is 19.8. The molecule has 0 radical (unpaired) electrons. The van der Waals surface area contributed by atoms with Gasteiger partial charge in [-0.15, -0.1) is 12.3 Å². The highest BCUT2D eigenvalue weighted by Gasteiger charge is 2.28. The van der Waals surface area contributed by atoms with Gasteiger partial charge in [-0.1, -0.05) is 49.1 Å². The molecular formula is C28H30N4. The van der Waals surface area contributed by atoms with E-state index in [-0.39, 0.29) is 6.04 Å². The Morgan fingerprint density at radius 2 is 2.09 bits per heavy atom. The summed E-state index contributed by atoms with van der Waals surface area (Å²) in [5, 5.41) is 3.64. The van der Waals surface area contributed by atoms with E-state index in [1.54, 1.807) is 0 Å². The van der Waals surface area contributed by atoms with Crippen LogP contribution in [0.2, 0.25) is 0 Å². The summed E-state index contributed by atoms with van der Waals surface area (Å²) in [6.45, 7) is 12.2. The molecule has 0 amide bonds. The fourth-order valence-corrected chi connectivity index (χ4v) is 3.65. The SMILES string of the molecule is C#CCc1nc2c(nc1/C=C\C)C(NC1C=CC=CC1=C)=C(C)CC2=N/C(C)=C/C=C\C. The third-order valence-corrected chi connectivity index (χ3v) is 5.23. The molecule has 0 saturated heterocycles. The minimum Gasteiger partial charge on any atom is -0.373 e. The number of terminal acetylenes is 1. The molecule has 1 heterocycles. The van der Waals surface area contributed by atoms with Gasteiger partial charge < -0.3 is 5.32 Å². The minimum absolute atomic E-state index is 0.00460. The Kier molecular flexibility index (Phi) is 7.57. The lowest BCUT2D eigenvalue weighted by atomic mass is 9.93. The molecule has 0 aliphatic heterocycles. The van der Waals surface area contributed by atoms with Gasteiger partial charge in [0, 0.05) is 12.1 Å². The first-order chi connectivity index (χ1) is 15.5. The average Bonchev–Trinajstić information content (AvgIpc) is 2.77. The van der Waals surface area contributed by atoms with Crippen molar-refractivity contribution >= 4 is 17.5 Å². The summed E-state index contributed by atoms with van der Waals surface area (Å²) in [4.78, 5) is 14.9. The lowest BCUT2D eigenvalue weighted by Gasteiger charge is -2.27. The standard InChI is InChI=1S/C28H30N4/c1-7-10-16-21(6)29-25-18-20(5)26(30-22-17-12-11-15-19(22)4)28-27(25)31-23(13-8-2)24(32-28)14-9-3/h2,7,9-12,14-17,22,30H,4,13,18H2,1,3,5-6H3/b10-7-,14-9-,21-16+,29-25?. The van der Waals surface area contributed by atoms with Crippen LogP contribution < -0.4 is 5.32 Å². The third-order valence-electron chi connectivity index (χ3n) is 5.23. The van der Waals surface area contributed by atoms with Gasteiger partial charge in [0.05, 0.1) is 35.3 Å². The lowest BCUT2D eigenvalue weighted by Crippen LogP contribution is -2.32. The van der Waals surface area contributed by atoms with Gasteiger partial charge in [0.1, 0.15) is 11.4 Å². The second-order valence-electron chi connectivity index (χ2n) is 7.80. The van der Waals surface area contributed by atoms with Crippen LogP contribution in [-0.4, -0.2) is 21.7 Å². The van der Waals surface area contributed by atoms with Crippen LogP contribution in [0.25, 0.3) is 11.8 Å². The summed E-state index contributed by atoms with van der Waals surface area (Å²) >= 11 is 0. The molecule has 0 saturated carbocycles. The second kappa shape index (κ2) is 10.5. The zero-order valence-electron chi connectivity index (χ0n) is 19.3. The maximum atomic E-state index is 5.63. The number of nitrogens with zero attached hydrogens (tertiary/aromatic N) is 3. The highest BCUT2D eigenvalue weighted by atomic mass is 15.0. The van der Waals surface area contributed by atoms with Gasteiger partial charge in [0.2, 0.25) is 0 Å². The minimum atomic E-state index is 0.00460. The largest absolute Gasteiger partial charge is 0.373 e. The summed E-state index contributed by atoms with van der Waals surface area (Å²) in [6, 6.07) is 0.00460. The maximum absolute atomic E-state index is 5.63. The van der Waals surface area contributed by atoms with Crippen molar-refractivity contribution in [2.24, 2.45) is 4.99 Å². The number of fused-ring (bicyclic) bond motifs is 1. The van der Waals surface area contributed by atoms with Crippen LogP contribution in [-0.2, 0) is 6.42 Å². The number of aromatic nitrogens is 2. The Balaban J connectivity index is 2.18. The summed E-state index contributed by atoms with van der Waals surface area (Å²) in [5.41, 5.74) is 8.12. The van der Waals surface area contributed by atoms with E-state index >= 15 is 0 Å². The van der Waals surface area contributed by atoms with Crippen molar-refractivity contribution in [1.82, 2.24) is 15.3 Å². The first kappa shape index (κ1) is 23.0. The quantitative estimate of drug-likeness (QED) is 0.470. The predicted octanol–water partition coefficient (Wildman–Crippen LogP) is 5.73. The van der Waals surface area contributed by atoms with Gasteiger partial charge in [-0.3, -0.25) is 4.99 Å². The first-order valence-electron chi connectivity index (χ1n) is 10.8. The smallest absolute Gasteiger partial charge is 0.114 e. The molecule has 1 unspecified atom stereocenters. The van der Waals surface area contributed by atoms with E-state index < -0.39 is 0 Å². The van der Waals surface area contributed by atoms with Crippen LogP contribution in [0.5, 0.6) is 0 Å². The molecule has 4 nitrogen and oxygen atoms in total. The van der Waals surface area contributed by atoms with E-state index in [1.165, 1.54) is 0 Å². The molecule has 3 rings (SSSR count). The van der Waals surface area contributed by atoms with Crippen molar-refractivity contribution in [1.29, 1.82) is 0 Å². The Morgan fingerprint density at radius 3 is 2.78 bits per heavy atom. The number of allylic oxidation sites excluding steroid dienone is 8. The Bertz CT molecular complexity index is 1160. The van der Waals surface area contributed by atoms with Crippen molar-refractivity contribution in [3.8, 4) is 12.3 Å². The number of hydrogen-bond donors (Lipinski definition) is 1. The molecule has 0 spiro atoms. The molecule has 1 aromatic heterocycles. The molecule has 162 valence electrons. The molecule has 1 atom stereocenters. The molecule has 0 aromatic carbocycles. The van der Waals surface area contributed by atoms with Crippen molar-refractivity contribution < 1.29 is 0 Å². The second-order valence-corrected chi connectivity index (χ2v) is 7.80. The van der Waals surface area contributed by atoms with E-state index in [0.717, 1.165) is 51.0 Å². The van der Waals surface area contributed by atoms with E-state index in [9.17, 15) is 0 Å². The molecule has 1 aromatic rings. The Hall–Kier alpha value is -3.71. The van der Waals surface area contributed by atoms with Gasteiger partial charge in [-0.05, 0) is 51.0 Å². The fourth-order valence-electron chi connectivity index (χ4n) is 3.65. The fraction of sp³-hybridized carbons (Fsp3) is 0.250. The van der Waals surface area contributed by atoms with Crippen molar-refractivity contribution in [2.75, 3.05) is 0 Å². The predicted molar refractivity (Wildman–Crippen MR) is 136 cm³/mol.